The van der Waals surface area contributed by atoms with Crippen molar-refractivity contribution in [2.24, 2.45) is 0 Å². The number of nitrogens with zero attached hydrogens (tertiary/aromatic N) is 4. The maximum Gasteiger partial charge on any atom is 0.270 e. The predicted octanol–water partition coefficient (Wildman–Crippen LogP) is 3.10. The summed E-state index contributed by atoms with van der Waals surface area (Å²) in [6.07, 6.45) is 0. The quantitative estimate of drug-likeness (QED) is 0.292. The average Bonchev–Trinajstić information content (AvgIpc) is 3.24. The molecule has 178 valence electrons. The van der Waals surface area contributed by atoms with Gasteiger partial charge in [0.25, 0.3) is 35.0 Å². The van der Waals surface area contributed by atoms with Crippen molar-refractivity contribution < 1.29 is 29.0 Å². The smallest absolute Gasteiger partial charge is 0.270 e. The first-order valence-corrected chi connectivity index (χ1v) is 10.5. The Balaban J connectivity index is 1.30. The third-order valence-electron chi connectivity index (χ3n) is 6.03. The fraction of sp³-hybridized carbons (Fsp3) is 0.0833. The summed E-state index contributed by atoms with van der Waals surface area (Å²) in [4.78, 5) is 73.3. The number of carbonyl (C=O) groups is 4. The van der Waals surface area contributed by atoms with Gasteiger partial charge in [0.05, 0.1) is 45.2 Å². The second kappa shape index (κ2) is 8.20. The summed E-state index contributed by atoms with van der Waals surface area (Å²) in [7, 11) is 0. The number of nitro groups is 2. The largest absolute Gasteiger partial charge is 0.270 e. The molecule has 0 fully saturated rings. The molecular weight excluding hydrogens is 472 g/mol. The van der Waals surface area contributed by atoms with Crippen molar-refractivity contribution >= 4 is 35.0 Å². The van der Waals surface area contributed by atoms with Gasteiger partial charge < -0.3 is 0 Å². The number of rotatable bonds is 6. The van der Waals surface area contributed by atoms with Crippen molar-refractivity contribution in [3.63, 3.8) is 0 Å². The molecule has 12 heteroatoms. The van der Waals surface area contributed by atoms with Crippen LogP contribution in [0.1, 0.15) is 52.6 Å². The number of amides is 4. The van der Waals surface area contributed by atoms with E-state index in [1.54, 1.807) is 24.3 Å². The molecule has 0 spiro atoms. The highest BCUT2D eigenvalue weighted by atomic mass is 16.6. The van der Waals surface area contributed by atoms with E-state index in [2.05, 4.69) is 0 Å². The van der Waals surface area contributed by atoms with Crippen LogP contribution < -0.4 is 0 Å². The van der Waals surface area contributed by atoms with Crippen molar-refractivity contribution in [3.8, 4) is 0 Å². The van der Waals surface area contributed by atoms with Crippen LogP contribution in [0.4, 0.5) is 11.4 Å². The molecule has 0 unspecified atom stereocenters. The molecule has 0 aliphatic carbocycles. The number of benzene rings is 3. The maximum absolute atomic E-state index is 12.7. The highest BCUT2D eigenvalue weighted by Gasteiger charge is 2.38. The molecule has 0 bridgehead atoms. The summed E-state index contributed by atoms with van der Waals surface area (Å²) in [5.41, 5.74) is 0.712. The Morgan fingerprint density at radius 3 is 1.19 bits per heavy atom. The molecular formula is C24H14N4O8. The number of hydrogen-bond acceptors (Lipinski definition) is 8. The van der Waals surface area contributed by atoms with Crippen LogP contribution in [-0.2, 0) is 13.1 Å². The number of carbonyl (C=O) groups excluding carboxylic acids is 4. The van der Waals surface area contributed by atoms with Gasteiger partial charge in [-0.1, -0.05) is 24.3 Å². The minimum absolute atomic E-state index is 0.0309. The first kappa shape index (κ1) is 22.5. The number of non-ortho nitro benzene ring substituents is 2. The number of fused-ring (bicyclic) bond motifs is 2. The third-order valence-corrected chi connectivity index (χ3v) is 6.03. The van der Waals surface area contributed by atoms with Crippen molar-refractivity contribution in [2.45, 2.75) is 13.1 Å². The molecule has 0 N–H and O–H groups in total. The van der Waals surface area contributed by atoms with E-state index in [0.29, 0.717) is 11.1 Å². The molecule has 0 aromatic heterocycles. The fourth-order valence-corrected chi connectivity index (χ4v) is 4.19. The number of nitro benzene ring substituents is 2. The lowest BCUT2D eigenvalue weighted by Crippen LogP contribution is -2.29. The van der Waals surface area contributed by atoms with Crippen molar-refractivity contribution in [1.29, 1.82) is 0 Å². The number of hydrogen-bond donors (Lipinski definition) is 0. The van der Waals surface area contributed by atoms with Gasteiger partial charge in [-0.3, -0.25) is 49.2 Å². The highest BCUT2D eigenvalue weighted by Crippen LogP contribution is 2.30. The molecule has 0 saturated carbocycles. The van der Waals surface area contributed by atoms with Gasteiger partial charge in [0, 0.05) is 24.3 Å². The second-order valence-electron chi connectivity index (χ2n) is 8.18. The van der Waals surface area contributed by atoms with Gasteiger partial charge in [0.2, 0.25) is 0 Å². The number of imide groups is 2. The van der Waals surface area contributed by atoms with Gasteiger partial charge in [0.1, 0.15) is 0 Å². The van der Waals surface area contributed by atoms with Crippen LogP contribution >= 0.6 is 0 Å². The summed E-state index contributed by atoms with van der Waals surface area (Å²) in [5, 5.41) is 22.0. The van der Waals surface area contributed by atoms with E-state index in [9.17, 15) is 39.4 Å². The van der Waals surface area contributed by atoms with Crippen molar-refractivity contribution in [1.82, 2.24) is 9.80 Å². The molecule has 2 heterocycles. The monoisotopic (exact) mass is 486 g/mol. The van der Waals surface area contributed by atoms with Crippen LogP contribution in [0.3, 0.4) is 0 Å². The van der Waals surface area contributed by atoms with E-state index in [4.69, 9.17) is 0 Å². The average molecular weight is 486 g/mol. The van der Waals surface area contributed by atoms with Crippen LogP contribution in [0.25, 0.3) is 0 Å². The van der Waals surface area contributed by atoms with Gasteiger partial charge >= 0.3 is 0 Å². The summed E-state index contributed by atoms with van der Waals surface area (Å²) in [6.45, 7) is -0.145. The SMILES string of the molecule is O=C1c2ccc([N+](=O)[O-])cc2C(=O)N1Cc1ccc(CN2C(=O)c3ccc([N+](=O)[O-])cc3C2=O)cc1. The van der Waals surface area contributed by atoms with Gasteiger partial charge in [-0.2, -0.15) is 0 Å². The van der Waals surface area contributed by atoms with E-state index < -0.39 is 33.5 Å². The molecule has 0 radical (unpaired) electrons. The molecule has 3 aromatic carbocycles. The van der Waals surface area contributed by atoms with Gasteiger partial charge in [-0.05, 0) is 23.3 Å². The third kappa shape index (κ3) is 3.57. The maximum atomic E-state index is 12.7. The zero-order valence-corrected chi connectivity index (χ0v) is 18.2. The van der Waals surface area contributed by atoms with Gasteiger partial charge in [-0.15, -0.1) is 0 Å². The van der Waals surface area contributed by atoms with Crippen molar-refractivity contribution in [3.05, 3.63) is 114 Å². The Kier molecular flexibility index (Phi) is 5.13. The molecule has 0 saturated heterocycles. The summed E-state index contributed by atoms with van der Waals surface area (Å²) in [6, 6.07) is 13.5. The van der Waals surface area contributed by atoms with E-state index in [1.807, 2.05) is 0 Å². The van der Waals surface area contributed by atoms with E-state index in [-0.39, 0.29) is 46.7 Å². The van der Waals surface area contributed by atoms with Gasteiger partial charge in [0.15, 0.2) is 0 Å². The molecule has 0 atom stereocenters. The van der Waals surface area contributed by atoms with Crippen molar-refractivity contribution in [2.75, 3.05) is 0 Å². The van der Waals surface area contributed by atoms with E-state index >= 15 is 0 Å². The van der Waals surface area contributed by atoms with Crippen LogP contribution in [0, 0.1) is 20.2 Å². The lowest BCUT2D eigenvalue weighted by molar-refractivity contribution is -0.385. The lowest BCUT2D eigenvalue weighted by Gasteiger charge is -2.16. The minimum atomic E-state index is -0.644. The molecule has 2 aliphatic rings. The fourth-order valence-electron chi connectivity index (χ4n) is 4.19. The highest BCUT2D eigenvalue weighted by molar-refractivity contribution is 6.22. The summed E-state index contributed by atoms with van der Waals surface area (Å²) < 4.78 is 0. The minimum Gasteiger partial charge on any atom is -0.270 e. The Bertz CT molecular complexity index is 1420. The van der Waals surface area contributed by atoms with Crippen LogP contribution in [0.15, 0.2) is 60.7 Å². The normalized spacial score (nSPS) is 14.3. The molecule has 12 nitrogen and oxygen atoms in total. The molecule has 5 rings (SSSR count). The van der Waals surface area contributed by atoms with Gasteiger partial charge in [-0.25, -0.2) is 0 Å². The molecule has 2 aliphatic heterocycles. The van der Waals surface area contributed by atoms with E-state index in [1.165, 1.54) is 24.3 Å². The summed E-state index contributed by atoms with van der Waals surface area (Å²) >= 11 is 0. The first-order chi connectivity index (χ1) is 17.2. The standard InChI is InChI=1S/C24H14N4O8/c29-21-17-7-5-15(27(33)34)9-19(17)23(31)25(21)11-13-1-2-14(4-3-13)12-26-22(30)18-8-6-16(28(35)36)10-20(18)24(26)32/h1-10H,11-12H2. The first-order valence-electron chi connectivity index (χ1n) is 10.5. The van der Waals surface area contributed by atoms with Crippen LogP contribution in [0.5, 0.6) is 0 Å². The predicted molar refractivity (Wildman–Crippen MR) is 121 cm³/mol. The second-order valence-corrected chi connectivity index (χ2v) is 8.18. The molecule has 36 heavy (non-hydrogen) atoms. The Morgan fingerprint density at radius 2 is 0.861 bits per heavy atom. The van der Waals surface area contributed by atoms with Crippen LogP contribution in [0.2, 0.25) is 0 Å². The summed E-state index contributed by atoms with van der Waals surface area (Å²) in [5.74, 6) is -2.39. The topological polar surface area (TPSA) is 161 Å². The molecule has 3 aromatic rings. The zero-order valence-electron chi connectivity index (χ0n) is 18.2. The molecule has 4 amide bonds. The zero-order chi connectivity index (χ0) is 25.7. The lowest BCUT2D eigenvalue weighted by atomic mass is 10.1. The Morgan fingerprint density at radius 1 is 0.528 bits per heavy atom. The van der Waals surface area contributed by atoms with Crippen LogP contribution in [-0.4, -0.2) is 43.3 Å². The van der Waals surface area contributed by atoms with E-state index in [0.717, 1.165) is 21.9 Å². The Labute approximate surface area is 201 Å². The Hall–Kier alpha value is -5.26.